The summed E-state index contributed by atoms with van der Waals surface area (Å²) in [4.78, 5) is 31.2. The molecule has 0 fully saturated rings. The Balaban J connectivity index is 1.39. The number of aryl methyl sites for hydroxylation is 1. The fourth-order valence-electron chi connectivity index (χ4n) is 2.69. The Morgan fingerprint density at radius 2 is 2.07 bits per heavy atom. The third-order valence-corrected chi connectivity index (χ3v) is 4.85. The molecular formula is C20H17N5O3S. The largest absolute Gasteiger partial charge is 0.367 e. The molecule has 3 heterocycles. The van der Waals surface area contributed by atoms with Gasteiger partial charge in [-0.15, -0.1) is 11.3 Å². The van der Waals surface area contributed by atoms with Crippen molar-refractivity contribution in [1.29, 1.82) is 0 Å². The average molecular weight is 407 g/mol. The molecule has 146 valence electrons. The van der Waals surface area contributed by atoms with Crippen LogP contribution in [0.3, 0.4) is 0 Å². The zero-order valence-electron chi connectivity index (χ0n) is 15.4. The van der Waals surface area contributed by atoms with E-state index in [4.69, 9.17) is 4.52 Å². The van der Waals surface area contributed by atoms with Crippen LogP contribution in [-0.2, 0) is 4.79 Å². The lowest BCUT2D eigenvalue weighted by Crippen LogP contribution is -2.32. The molecule has 0 aliphatic heterocycles. The van der Waals surface area contributed by atoms with E-state index in [-0.39, 0.29) is 18.4 Å². The number of benzene rings is 1. The van der Waals surface area contributed by atoms with Crippen molar-refractivity contribution in [3.63, 3.8) is 0 Å². The predicted molar refractivity (Wildman–Crippen MR) is 110 cm³/mol. The number of rotatable bonds is 6. The Labute approximate surface area is 170 Å². The van der Waals surface area contributed by atoms with Gasteiger partial charge in [-0.3, -0.25) is 9.59 Å². The van der Waals surface area contributed by atoms with Crippen molar-refractivity contribution < 1.29 is 14.1 Å². The van der Waals surface area contributed by atoms with Gasteiger partial charge in [0.2, 0.25) is 5.91 Å². The highest BCUT2D eigenvalue weighted by atomic mass is 32.1. The zero-order valence-corrected chi connectivity index (χ0v) is 16.2. The summed E-state index contributed by atoms with van der Waals surface area (Å²) < 4.78 is 5.31. The van der Waals surface area contributed by atoms with Crippen molar-refractivity contribution in [1.82, 2.24) is 20.4 Å². The van der Waals surface area contributed by atoms with Crippen LogP contribution in [-0.4, -0.2) is 33.5 Å². The second-order valence-electron chi connectivity index (χ2n) is 6.28. The molecule has 8 nitrogen and oxygen atoms in total. The number of nitrogens with zero attached hydrogens (tertiary/aromatic N) is 2. The smallest absolute Gasteiger partial charge is 0.253 e. The summed E-state index contributed by atoms with van der Waals surface area (Å²) in [5.41, 5.74) is 3.81. The highest BCUT2D eigenvalue weighted by Crippen LogP contribution is 2.29. The first-order chi connectivity index (χ1) is 14.1. The van der Waals surface area contributed by atoms with E-state index in [9.17, 15) is 9.59 Å². The molecule has 0 spiro atoms. The lowest BCUT2D eigenvalue weighted by Gasteiger charge is -2.04. The molecule has 0 aliphatic carbocycles. The van der Waals surface area contributed by atoms with Crippen LogP contribution in [0.2, 0.25) is 0 Å². The third kappa shape index (κ3) is 4.41. The van der Waals surface area contributed by atoms with Crippen LogP contribution in [0.15, 0.2) is 58.7 Å². The van der Waals surface area contributed by atoms with Gasteiger partial charge < -0.3 is 20.1 Å². The van der Waals surface area contributed by atoms with E-state index in [0.717, 1.165) is 22.5 Å². The number of carbonyl (C=O) groups excluding carboxylic acids is 2. The minimum Gasteiger partial charge on any atom is -0.367 e. The van der Waals surface area contributed by atoms with Gasteiger partial charge in [0.25, 0.3) is 5.91 Å². The zero-order chi connectivity index (χ0) is 20.2. The summed E-state index contributed by atoms with van der Waals surface area (Å²) in [7, 11) is 0. The molecule has 9 heteroatoms. The van der Waals surface area contributed by atoms with E-state index in [1.807, 2.05) is 42.6 Å². The molecule has 4 aromatic rings. The lowest BCUT2D eigenvalue weighted by molar-refractivity contribution is -0.115. The van der Waals surface area contributed by atoms with E-state index >= 15 is 0 Å². The highest BCUT2D eigenvalue weighted by molar-refractivity contribution is 7.14. The summed E-state index contributed by atoms with van der Waals surface area (Å²) in [5.74, 6) is 0.0210. The molecule has 0 aliphatic rings. The first kappa shape index (κ1) is 18.6. The van der Waals surface area contributed by atoms with Crippen LogP contribution in [0.25, 0.3) is 22.6 Å². The maximum absolute atomic E-state index is 12.1. The fourth-order valence-corrected chi connectivity index (χ4v) is 3.42. The van der Waals surface area contributed by atoms with Gasteiger partial charge in [0.05, 0.1) is 23.5 Å². The summed E-state index contributed by atoms with van der Waals surface area (Å²) >= 11 is 1.31. The van der Waals surface area contributed by atoms with Crippen LogP contribution < -0.4 is 10.6 Å². The van der Waals surface area contributed by atoms with E-state index < -0.39 is 0 Å². The molecular weight excluding hydrogens is 390 g/mol. The van der Waals surface area contributed by atoms with Crippen LogP contribution in [0.1, 0.15) is 16.1 Å². The second kappa shape index (κ2) is 8.11. The first-order valence-electron chi connectivity index (χ1n) is 8.79. The SMILES string of the molecule is Cc1cc(-c2cccc(-c3csc(NC(=O)CNC(=O)c4cc[nH]c4)n3)c2)on1. The van der Waals surface area contributed by atoms with Gasteiger partial charge in [0, 0.05) is 35.0 Å². The summed E-state index contributed by atoms with van der Waals surface area (Å²) in [6.07, 6.45) is 3.21. The standard InChI is InChI=1S/C20H17N5O3S/c1-12-7-17(28-25-12)14-4-2-3-13(8-14)16-11-29-20(23-16)24-18(26)10-22-19(27)15-5-6-21-9-15/h2-9,11,21H,10H2,1H3,(H,22,27)(H,23,24,26). The van der Waals surface area contributed by atoms with E-state index in [0.29, 0.717) is 16.5 Å². The molecule has 0 atom stereocenters. The number of carbonyl (C=O) groups is 2. The maximum atomic E-state index is 12.1. The third-order valence-electron chi connectivity index (χ3n) is 4.09. The fraction of sp³-hybridized carbons (Fsp3) is 0.100. The molecule has 0 unspecified atom stereocenters. The van der Waals surface area contributed by atoms with Gasteiger partial charge in [-0.2, -0.15) is 0 Å². The summed E-state index contributed by atoms with van der Waals surface area (Å²) in [6.45, 7) is 1.73. The molecule has 4 rings (SSSR count). The average Bonchev–Trinajstić information content (AvgIpc) is 3.48. The number of hydrogen-bond acceptors (Lipinski definition) is 6. The quantitative estimate of drug-likeness (QED) is 0.453. The van der Waals surface area contributed by atoms with Gasteiger partial charge in [-0.1, -0.05) is 23.4 Å². The molecule has 0 bridgehead atoms. The highest BCUT2D eigenvalue weighted by Gasteiger charge is 2.12. The van der Waals surface area contributed by atoms with Gasteiger partial charge >= 0.3 is 0 Å². The minimum absolute atomic E-state index is 0.140. The normalized spacial score (nSPS) is 10.7. The number of aromatic nitrogens is 3. The van der Waals surface area contributed by atoms with E-state index in [2.05, 4.69) is 25.8 Å². The van der Waals surface area contributed by atoms with E-state index in [1.165, 1.54) is 11.3 Å². The first-order valence-corrected chi connectivity index (χ1v) is 9.67. The van der Waals surface area contributed by atoms with Gasteiger partial charge in [0.15, 0.2) is 10.9 Å². The Morgan fingerprint density at radius 3 is 2.83 bits per heavy atom. The number of H-pyrrole nitrogens is 1. The molecule has 0 radical (unpaired) electrons. The van der Waals surface area contributed by atoms with Crippen molar-refractivity contribution in [3.05, 3.63) is 65.4 Å². The lowest BCUT2D eigenvalue weighted by atomic mass is 10.1. The van der Waals surface area contributed by atoms with Crippen molar-refractivity contribution in [2.45, 2.75) is 6.92 Å². The number of hydrogen-bond donors (Lipinski definition) is 3. The van der Waals surface area contributed by atoms with E-state index in [1.54, 1.807) is 18.5 Å². The molecule has 29 heavy (non-hydrogen) atoms. The molecule has 1 aromatic carbocycles. The van der Waals surface area contributed by atoms with Crippen molar-refractivity contribution in [3.8, 4) is 22.6 Å². The van der Waals surface area contributed by atoms with Gasteiger partial charge in [-0.05, 0) is 19.1 Å². The molecule has 2 amide bonds. The summed E-state index contributed by atoms with van der Waals surface area (Å²) in [6, 6.07) is 11.2. The van der Waals surface area contributed by atoms with Crippen LogP contribution >= 0.6 is 11.3 Å². The van der Waals surface area contributed by atoms with Gasteiger partial charge in [-0.25, -0.2) is 4.98 Å². The Kier molecular flexibility index (Phi) is 5.21. The van der Waals surface area contributed by atoms with Crippen molar-refractivity contribution in [2.75, 3.05) is 11.9 Å². The maximum Gasteiger partial charge on any atom is 0.253 e. The number of aromatic amines is 1. The molecule has 3 N–H and O–H groups in total. The number of anilines is 1. The Hall–Kier alpha value is -3.72. The molecule has 3 aromatic heterocycles. The Morgan fingerprint density at radius 1 is 1.21 bits per heavy atom. The minimum atomic E-state index is -0.347. The Bertz CT molecular complexity index is 1150. The van der Waals surface area contributed by atoms with Gasteiger partial charge in [0.1, 0.15) is 0 Å². The number of nitrogens with one attached hydrogen (secondary N) is 3. The molecule has 0 saturated carbocycles. The van der Waals surface area contributed by atoms with Crippen molar-refractivity contribution in [2.24, 2.45) is 0 Å². The topological polar surface area (TPSA) is 113 Å². The number of amides is 2. The van der Waals surface area contributed by atoms with Crippen LogP contribution in [0.4, 0.5) is 5.13 Å². The molecule has 0 saturated heterocycles. The van der Waals surface area contributed by atoms with Crippen LogP contribution in [0.5, 0.6) is 0 Å². The number of thiazole rings is 1. The predicted octanol–water partition coefficient (Wildman–Crippen LogP) is 3.47. The second-order valence-corrected chi connectivity index (χ2v) is 7.14. The summed E-state index contributed by atoms with van der Waals surface area (Å²) in [5, 5.41) is 11.5. The monoisotopic (exact) mass is 407 g/mol. The van der Waals surface area contributed by atoms with Crippen molar-refractivity contribution >= 4 is 28.3 Å². The van der Waals surface area contributed by atoms with Crippen LogP contribution in [0, 0.1) is 6.92 Å².